The molecule has 0 atom stereocenters. The summed E-state index contributed by atoms with van der Waals surface area (Å²) in [5.74, 6) is 1.82. The zero-order valence-electron chi connectivity index (χ0n) is 11.3. The maximum Gasteiger partial charge on any atom is 0.194 e. The summed E-state index contributed by atoms with van der Waals surface area (Å²) in [4.78, 5) is 6.92. The van der Waals surface area contributed by atoms with Crippen LogP contribution >= 0.6 is 0 Å². The van der Waals surface area contributed by atoms with Crippen molar-refractivity contribution in [1.29, 1.82) is 0 Å². The molecule has 100 valence electrons. The molecule has 18 heavy (non-hydrogen) atoms. The molecule has 0 unspecified atom stereocenters. The second-order valence-electron chi connectivity index (χ2n) is 4.50. The lowest BCUT2D eigenvalue weighted by Gasteiger charge is -2.20. The molecule has 0 saturated carbocycles. The highest BCUT2D eigenvalue weighted by Crippen LogP contribution is 2.09. The Hall–Kier alpha value is -1.52. The van der Waals surface area contributed by atoms with Gasteiger partial charge >= 0.3 is 0 Å². The third-order valence-electron chi connectivity index (χ3n) is 3.10. The molecular formula is C13H22N4O. The topological polar surface area (TPSA) is 53.7 Å². The molecule has 1 saturated heterocycles. The van der Waals surface area contributed by atoms with Gasteiger partial charge in [-0.05, 0) is 26.2 Å². The molecule has 0 bridgehead atoms. The van der Waals surface area contributed by atoms with Crippen LogP contribution in [0.3, 0.4) is 0 Å². The second-order valence-corrected chi connectivity index (χ2v) is 4.50. The Morgan fingerprint density at radius 2 is 2.22 bits per heavy atom. The number of nitrogens with zero attached hydrogens (tertiary/aromatic N) is 3. The van der Waals surface area contributed by atoms with Crippen LogP contribution in [0.1, 0.15) is 38.1 Å². The largest absolute Gasteiger partial charge is 0.359 e. The number of aromatic nitrogens is 1. The van der Waals surface area contributed by atoms with Crippen molar-refractivity contribution in [2.75, 3.05) is 19.6 Å². The molecule has 1 aliphatic rings. The van der Waals surface area contributed by atoms with Gasteiger partial charge in [0.1, 0.15) is 6.54 Å². The molecule has 1 N–H and O–H groups in total. The van der Waals surface area contributed by atoms with Gasteiger partial charge in [0.25, 0.3) is 0 Å². The predicted octanol–water partition coefficient (Wildman–Crippen LogP) is 1.80. The minimum atomic E-state index is 0.561. The molecule has 5 heteroatoms. The normalized spacial score (nSPS) is 16.3. The maximum atomic E-state index is 5.24. The molecule has 1 fully saturated rings. The van der Waals surface area contributed by atoms with Gasteiger partial charge in [-0.25, -0.2) is 4.99 Å². The van der Waals surface area contributed by atoms with E-state index in [1.165, 1.54) is 12.8 Å². The van der Waals surface area contributed by atoms with E-state index in [9.17, 15) is 0 Å². The summed E-state index contributed by atoms with van der Waals surface area (Å²) in [6.07, 6.45) is 3.42. The predicted molar refractivity (Wildman–Crippen MR) is 71.5 cm³/mol. The Morgan fingerprint density at radius 3 is 2.83 bits per heavy atom. The van der Waals surface area contributed by atoms with Crippen molar-refractivity contribution in [1.82, 2.24) is 15.4 Å². The van der Waals surface area contributed by atoms with Crippen LogP contribution < -0.4 is 5.32 Å². The van der Waals surface area contributed by atoms with Gasteiger partial charge < -0.3 is 14.7 Å². The summed E-state index contributed by atoms with van der Waals surface area (Å²) in [5.41, 5.74) is 0.992. The van der Waals surface area contributed by atoms with E-state index in [0.717, 1.165) is 43.5 Å². The van der Waals surface area contributed by atoms with Crippen molar-refractivity contribution in [2.24, 2.45) is 4.99 Å². The molecule has 0 amide bonds. The fourth-order valence-corrected chi connectivity index (χ4v) is 2.10. The van der Waals surface area contributed by atoms with E-state index < -0.39 is 0 Å². The molecule has 1 aromatic heterocycles. The Bertz CT molecular complexity index is 393. The lowest BCUT2D eigenvalue weighted by Crippen LogP contribution is -2.39. The number of rotatable bonds is 4. The number of guanidine groups is 1. The molecule has 5 nitrogen and oxygen atoms in total. The van der Waals surface area contributed by atoms with Crippen molar-refractivity contribution in [3.8, 4) is 0 Å². The van der Waals surface area contributed by atoms with E-state index in [2.05, 4.69) is 34.2 Å². The highest BCUT2D eigenvalue weighted by Gasteiger charge is 2.15. The van der Waals surface area contributed by atoms with Crippen LogP contribution in [0.4, 0.5) is 0 Å². The fourth-order valence-electron chi connectivity index (χ4n) is 2.10. The first-order valence-electron chi connectivity index (χ1n) is 6.81. The number of hydrogen-bond donors (Lipinski definition) is 1. The molecule has 0 radical (unpaired) electrons. The first-order chi connectivity index (χ1) is 8.83. The van der Waals surface area contributed by atoms with Crippen LogP contribution in [0.15, 0.2) is 15.6 Å². The number of aliphatic imine (C=N–C) groups is 1. The zero-order chi connectivity index (χ0) is 12.8. The third kappa shape index (κ3) is 3.24. The maximum absolute atomic E-state index is 5.24. The molecular weight excluding hydrogens is 228 g/mol. The number of likely N-dealkylation sites (tertiary alicyclic amines) is 1. The number of hydrogen-bond acceptors (Lipinski definition) is 3. The van der Waals surface area contributed by atoms with Crippen LogP contribution in [-0.4, -0.2) is 35.7 Å². The standard InChI is InChI=1S/C13H22N4O/c1-3-11-9-12(18-16-11)10-15-13(14-4-2)17-7-5-6-8-17/h9H,3-8,10H2,1-2H3,(H,14,15). The molecule has 1 aliphatic heterocycles. The van der Waals surface area contributed by atoms with Crippen molar-refractivity contribution in [3.05, 3.63) is 17.5 Å². The smallest absolute Gasteiger partial charge is 0.194 e. The summed E-state index contributed by atoms with van der Waals surface area (Å²) >= 11 is 0. The molecule has 0 spiro atoms. The van der Waals surface area contributed by atoms with Crippen molar-refractivity contribution in [3.63, 3.8) is 0 Å². The monoisotopic (exact) mass is 250 g/mol. The summed E-state index contributed by atoms with van der Waals surface area (Å²) in [7, 11) is 0. The van der Waals surface area contributed by atoms with Crippen molar-refractivity contribution in [2.45, 2.75) is 39.7 Å². The Kier molecular flexibility index (Phi) is 4.61. The average molecular weight is 250 g/mol. The van der Waals surface area contributed by atoms with Crippen molar-refractivity contribution < 1.29 is 4.52 Å². The highest BCUT2D eigenvalue weighted by molar-refractivity contribution is 5.80. The Balaban J connectivity index is 1.98. The Morgan fingerprint density at radius 1 is 1.44 bits per heavy atom. The third-order valence-corrected chi connectivity index (χ3v) is 3.10. The average Bonchev–Trinajstić information content (AvgIpc) is 3.05. The molecule has 2 heterocycles. The van der Waals surface area contributed by atoms with E-state index >= 15 is 0 Å². The first-order valence-corrected chi connectivity index (χ1v) is 6.81. The quantitative estimate of drug-likeness (QED) is 0.654. The van der Waals surface area contributed by atoms with E-state index in [1.54, 1.807) is 0 Å². The Labute approximate surface area is 108 Å². The van der Waals surface area contributed by atoms with Crippen LogP contribution in [0.5, 0.6) is 0 Å². The van der Waals surface area contributed by atoms with E-state index in [-0.39, 0.29) is 0 Å². The van der Waals surface area contributed by atoms with Gasteiger partial charge in [0, 0.05) is 25.7 Å². The van der Waals surface area contributed by atoms with Crippen LogP contribution in [-0.2, 0) is 13.0 Å². The van der Waals surface area contributed by atoms with E-state index in [0.29, 0.717) is 6.54 Å². The fraction of sp³-hybridized carbons (Fsp3) is 0.692. The van der Waals surface area contributed by atoms with Gasteiger partial charge in [0.2, 0.25) is 0 Å². The molecule has 0 aromatic carbocycles. The lowest BCUT2D eigenvalue weighted by molar-refractivity contribution is 0.378. The van der Waals surface area contributed by atoms with Gasteiger partial charge in [-0.2, -0.15) is 0 Å². The first kappa shape index (κ1) is 12.9. The summed E-state index contributed by atoms with van der Waals surface area (Å²) in [6, 6.07) is 1.98. The minimum absolute atomic E-state index is 0.561. The molecule has 2 rings (SSSR count). The van der Waals surface area contributed by atoms with Crippen molar-refractivity contribution >= 4 is 5.96 Å². The lowest BCUT2D eigenvalue weighted by atomic mass is 10.3. The second kappa shape index (κ2) is 6.42. The van der Waals surface area contributed by atoms with E-state index in [4.69, 9.17) is 4.52 Å². The van der Waals surface area contributed by atoms with Crippen LogP contribution in [0.2, 0.25) is 0 Å². The highest BCUT2D eigenvalue weighted by atomic mass is 16.5. The zero-order valence-corrected chi connectivity index (χ0v) is 11.3. The SMILES string of the molecule is CCNC(=NCc1cc(CC)no1)N1CCCC1. The van der Waals surface area contributed by atoms with Gasteiger partial charge in [-0.3, -0.25) is 0 Å². The van der Waals surface area contributed by atoms with Gasteiger partial charge in [-0.1, -0.05) is 12.1 Å². The summed E-state index contributed by atoms with van der Waals surface area (Å²) < 4.78 is 5.24. The van der Waals surface area contributed by atoms with E-state index in [1.807, 2.05) is 6.07 Å². The van der Waals surface area contributed by atoms with Gasteiger partial charge in [-0.15, -0.1) is 0 Å². The van der Waals surface area contributed by atoms with Gasteiger partial charge in [0.15, 0.2) is 11.7 Å². The summed E-state index contributed by atoms with van der Waals surface area (Å²) in [6.45, 7) is 7.82. The van der Waals surface area contributed by atoms with Gasteiger partial charge in [0.05, 0.1) is 5.69 Å². The summed E-state index contributed by atoms with van der Waals surface area (Å²) in [5, 5.41) is 7.31. The number of nitrogens with one attached hydrogen (secondary N) is 1. The van der Waals surface area contributed by atoms with Crippen LogP contribution in [0, 0.1) is 0 Å². The number of aryl methyl sites for hydroxylation is 1. The van der Waals surface area contributed by atoms with Crippen LogP contribution in [0.25, 0.3) is 0 Å². The molecule has 1 aromatic rings. The molecule has 0 aliphatic carbocycles. The minimum Gasteiger partial charge on any atom is -0.359 e.